The molecular formula is C15H23NO2. The van der Waals surface area contributed by atoms with Gasteiger partial charge in [-0.3, -0.25) is 4.90 Å². The second kappa shape index (κ2) is 6.21. The first-order valence-electron chi connectivity index (χ1n) is 6.82. The molecule has 1 saturated heterocycles. The summed E-state index contributed by atoms with van der Waals surface area (Å²) in [5.74, 6) is 0.434. The van der Waals surface area contributed by atoms with Crippen molar-refractivity contribution in [2.75, 3.05) is 19.7 Å². The fourth-order valence-electron chi connectivity index (χ4n) is 2.47. The van der Waals surface area contributed by atoms with Crippen molar-refractivity contribution < 1.29 is 9.84 Å². The first-order valence-corrected chi connectivity index (χ1v) is 6.82. The highest BCUT2D eigenvalue weighted by atomic mass is 16.5. The zero-order valence-electron chi connectivity index (χ0n) is 11.4. The van der Waals surface area contributed by atoms with Crippen LogP contribution >= 0.6 is 0 Å². The van der Waals surface area contributed by atoms with Gasteiger partial charge in [0.2, 0.25) is 0 Å². The Kier molecular flexibility index (Phi) is 4.61. The Balaban J connectivity index is 1.98. The van der Waals surface area contributed by atoms with E-state index in [9.17, 15) is 5.11 Å². The van der Waals surface area contributed by atoms with Crippen molar-refractivity contribution in [3.8, 4) is 5.75 Å². The zero-order chi connectivity index (χ0) is 13.0. The number of aryl methyl sites for hydroxylation is 1. The lowest BCUT2D eigenvalue weighted by atomic mass is 10.1. The van der Waals surface area contributed by atoms with Crippen molar-refractivity contribution in [2.45, 2.75) is 39.3 Å². The van der Waals surface area contributed by atoms with Crippen LogP contribution in [0.4, 0.5) is 0 Å². The molecule has 0 bridgehead atoms. The number of ether oxygens (including phenoxy) is 1. The standard InChI is InChI=1S/C15H23NO2/c1-3-16(11-14-8-5-9-18-14)10-13-7-4-6-12(2)15(13)17/h4,6-7,14,17H,3,5,8-11H2,1-2H3. The lowest BCUT2D eigenvalue weighted by Gasteiger charge is -2.24. The van der Waals surface area contributed by atoms with E-state index in [0.717, 1.165) is 43.8 Å². The highest BCUT2D eigenvalue weighted by Crippen LogP contribution is 2.23. The van der Waals surface area contributed by atoms with Crippen molar-refractivity contribution in [1.29, 1.82) is 0 Å². The largest absolute Gasteiger partial charge is 0.507 e. The molecular weight excluding hydrogens is 226 g/mol. The first-order chi connectivity index (χ1) is 8.70. The van der Waals surface area contributed by atoms with E-state index in [1.54, 1.807) is 0 Å². The molecule has 0 saturated carbocycles. The second-order valence-electron chi connectivity index (χ2n) is 5.05. The summed E-state index contributed by atoms with van der Waals surface area (Å²) in [4.78, 5) is 2.34. The van der Waals surface area contributed by atoms with Crippen LogP contribution in [-0.4, -0.2) is 35.8 Å². The number of nitrogens with zero attached hydrogens (tertiary/aromatic N) is 1. The molecule has 0 amide bonds. The zero-order valence-corrected chi connectivity index (χ0v) is 11.4. The fraction of sp³-hybridized carbons (Fsp3) is 0.600. The summed E-state index contributed by atoms with van der Waals surface area (Å²) in [5, 5.41) is 10.0. The number of likely N-dealkylation sites (N-methyl/N-ethyl adjacent to an activating group) is 1. The van der Waals surface area contributed by atoms with E-state index < -0.39 is 0 Å². The van der Waals surface area contributed by atoms with Crippen LogP contribution in [0.5, 0.6) is 5.75 Å². The van der Waals surface area contributed by atoms with E-state index in [2.05, 4.69) is 11.8 Å². The summed E-state index contributed by atoms with van der Waals surface area (Å²) in [6.07, 6.45) is 2.71. The normalized spacial score (nSPS) is 19.6. The number of aromatic hydroxyl groups is 1. The number of para-hydroxylation sites is 1. The third-order valence-corrected chi connectivity index (χ3v) is 3.65. The van der Waals surface area contributed by atoms with Crippen molar-refractivity contribution in [1.82, 2.24) is 4.90 Å². The molecule has 1 aliphatic heterocycles. The molecule has 1 atom stereocenters. The summed E-state index contributed by atoms with van der Waals surface area (Å²) < 4.78 is 5.67. The monoisotopic (exact) mass is 249 g/mol. The molecule has 18 heavy (non-hydrogen) atoms. The maximum Gasteiger partial charge on any atom is 0.122 e. The highest BCUT2D eigenvalue weighted by Gasteiger charge is 2.19. The summed E-state index contributed by atoms with van der Waals surface area (Å²) in [6.45, 7) is 7.73. The fourth-order valence-corrected chi connectivity index (χ4v) is 2.47. The smallest absolute Gasteiger partial charge is 0.122 e. The van der Waals surface area contributed by atoms with Gasteiger partial charge in [0.05, 0.1) is 6.10 Å². The minimum atomic E-state index is 0.372. The average molecular weight is 249 g/mol. The molecule has 3 nitrogen and oxygen atoms in total. The Morgan fingerprint density at radius 2 is 2.28 bits per heavy atom. The predicted molar refractivity (Wildman–Crippen MR) is 72.8 cm³/mol. The minimum Gasteiger partial charge on any atom is -0.507 e. The van der Waals surface area contributed by atoms with Gasteiger partial charge in [-0.05, 0) is 31.9 Å². The molecule has 1 aromatic rings. The molecule has 0 aliphatic carbocycles. The van der Waals surface area contributed by atoms with Crippen LogP contribution in [0, 0.1) is 6.92 Å². The Labute approximate surface area is 109 Å². The van der Waals surface area contributed by atoms with Crippen molar-refractivity contribution in [3.63, 3.8) is 0 Å². The van der Waals surface area contributed by atoms with Gasteiger partial charge in [-0.25, -0.2) is 0 Å². The van der Waals surface area contributed by atoms with Gasteiger partial charge in [-0.15, -0.1) is 0 Å². The predicted octanol–water partition coefficient (Wildman–Crippen LogP) is 2.70. The molecule has 2 rings (SSSR count). The van der Waals surface area contributed by atoms with Gasteiger partial charge in [0, 0.05) is 25.3 Å². The summed E-state index contributed by atoms with van der Waals surface area (Å²) in [7, 11) is 0. The maximum atomic E-state index is 10.0. The molecule has 1 heterocycles. The van der Waals surface area contributed by atoms with Crippen LogP contribution in [-0.2, 0) is 11.3 Å². The number of rotatable bonds is 5. The molecule has 100 valence electrons. The quantitative estimate of drug-likeness (QED) is 0.871. The SMILES string of the molecule is CCN(Cc1cccc(C)c1O)CC1CCCO1. The highest BCUT2D eigenvalue weighted by molar-refractivity contribution is 5.39. The van der Waals surface area contributed by atoms with Crippen LogP contribution in [0.25, 0.3) is 0 Å². The van der Waals surface area contributed by atoms with E-state index in [-0.39, 0.29) is 0 Å². The summed E-state index contributed by atoms with van der Waals surface area (Å²) >= 11 is 0. The van der Waals surface area contributed by atoms with Gasteiger partial charge in [0.1, 0.15) is 5.75 Å². The number of hydrogen-bond donors (Lipinski definition) is 1. The topological polar surface area (TPSA) is 32.7 Å². The molecule has 0 radical (unpaired) electrons. The van der Waals surface area contributed by atoms with E-state index in [1.807, 2.05) is 25.1 Å². The number of phenolic OH excluding ortho intramolecular Hbond substituents is 1. The van der Waals surface area contributed by atoms with Crippen molar-refractivity contribution in [2.24, 2.45) is 0 Å². The lowest BCUT2D eigenvalue weighted by Crippen LogP contribution is -2.31. The van der Waals surface area contributed by atoms with Gasteiger partial charge in [0.25, 0.3) is 0 Å². The number of hydrogen-bond acceptors (Lipinski definition) is 3. The van der Waals surface area contributed by atoms with Gasteiger partial charge in [0.15, 0.2) is 0 Å². The molecule has 1 unspecified atom stereocenters. The van der Waals surface area contributed by atoms with Crippen LogP contribution in [0.2, 0.25) is 0 Å². The minimum absolute atomic E-state index is 0.372. The molecule has 1 aromatic carbocycles. The summed E-state index contributed by atoms with van der Waals surface area (Å²) in [6, 6.07) is 5.94. The third-order valence-electron chi connectivity index (χ3n) is 3.65. The number of benzene rings is 1. The van der Waals surface area contributed by atoms with Crippen molar-refractivity contribution in [3.05, 3.63) is 29.3 Å². The van der Waals surface area contributed by atoms with E-state index in [1.165, 1.54) is 6.42 Å². The second-order valence-corrected chi connectivity index (χ2v) is 5.05. The Morgan fingerprint density at radius 3 is 2.94 bits per heavy atom. The summed E-state index contributed by atoms with van der Waals surface area (Å²) in [5.41, 5.74) is 1.95. The van der Waals surface area contributed by atoms with Crippen LogP contribution in [0.15, 0.2) is 18.2 Å². The van der Waals surface area contributed by atoms with Crippen LogP contribution < -0.4 is 0 Å². The Hall–Kier alpha value is -1.06. The number of phenols is 1. The van der Waals surface area contributed by atoms with E-state index in [4.69, 9.17) is 4.74 Å². The molecule has 1 fully saturated rings. The van der Waals surface area contributed by atoms with Gasteiger partial charge in [-0.1, -0.05) is 25.1 Å². The van der Waals surface area contributed by atoms with Crippen LogP contribution in [0.1, 0.15) is 30.9 Å². The third kappa shape index (κ3) is 3.24. The van der Waals surface area contributed by atoms with Crippen LogP contribution in [0.3, 0.4) is 0 Å². The molecule has 3 heteroatoms. The first kappa shape index (κ1) is 13.4. The van der Waals surface area contributed by atoms with E-state index >= 15 is 0 Å². The van der Waals surface area contributed by atoms with Crippen molar-refractivity contribution >= 4 is 0 Å². The Morgan fingerprint density at radius 1 is 1.44 bits per heavy atom. The van der Waals surface area contributed by atoms with E-state index in [0.29, 0.717) is 11.9 Å². The average Bonchev–Trinajstić information content (AvgIpc) is 2.86. The van der Waals surface area contributed by atoms with Gasteiger partial charge >= 0.3 is 0 Å². The Bertz CT molecular complexity index is 386. The lowest BCUT2D eigenvalue weighted by molar-refractivity contribution is 0.0722. The van der Waals surface area contributed by atoms with Gasteiger partial charge in [-0.2, -0.15) is 0 Å². The molecule has 0 aromatic heterocycles. The molecule has 1 aliphatic rings. The molecule has 0 spiro atoms. The molecule has 1 N–H and O–H groups in total. The maximum absolute atomic E-state index is 10.0. The van der Waals surface area contributed by atoms with Gasteiger partial charge < -0.3 is 9.84 Å².